The van der Waals surface area contributed by atoms with Gasteiger partial charge >= 0.3 is 0 Å². The van der Waals surface area contributed by atoms with E-state index in [4.69, 9.17) is 0 Å². The molecule has 2 aliphatic rings. The summed E-state index contributed by atoms with van der Waals surface area (Å²) in [4.78, 5) is 0. The smallest absolute Gasteiger partial charge is 0.0435 e. The molecule has 0 atom stereocenters. The normalized spacial score (nSPS) is 23.3. The van der Waals surface area contributed by atoms with Gasteiger partial charge in [-0.15, -0.1) is 0 Å². The van der Waals surface area contributed by atoms with Gasteiger partial charge in [0.1, 0.15) is 0 Å². The molecule has 54 valence electrons. The van der Waals surface area contributed by atoms with E-state index in [0.717, 1.165) is 0 Å². The molecule has 0 unspecified atom stereocenters. The summed E-state index contributed by atoms with van der Waals surface area (Å²) in [5.74, 6) is 0. The predicted octanol–water partition coefficient (Wildman–Crippen LogP) is 2.78. The zero-order valence-corrected chi connectivity index (χ0v) is 6.27. The summed E-state index contributed by atoms with van der Waals surface area (Å²) in [7, 11) is 0. The lowest BCUT2D eigenvalue weighted by atomic mass is 9.90. The predicted molar refractivity (Wildman–Crippen MR) is 48.1 cm³/mol. The third kappa shape index (κ3) is 1.12. The van der Waals surface area contributed by atoms with E-state index >= 15 is 0 Å². The first-order valence-electron chi connectivity index (χ1n) is 3.82. The fourth-order valence-electron chi connectivity index (χ4n) is 1.35. The quantitative estimate of drug-likeness (QED) is 0.488. The van der Waals surface area contributed by atoms with Gasteiger partial charge in [0.05, 0.1) is 0 Å². The van der Waals surface area contributed by atoms with E-state index in [-0.39, 0.29) is 5.41 Å². The van der Waals surface area contributed by atoms with Gasteiger partial charge < -0.3 is 0 Å². The highest BCUT2D eigenvalue weighted by Gasteiger charge is 2.18. The van der Waals surface area contributed by atoms with Gasteiger partial charge in [-0.05, 0) is 0 Å². The number of hydrogen-bond donors (Lipinski definition) is 0. The molecular weight excluding hydrogens is 132 g/mol. The van der Waals surface area contributed by atoms with Crippen LogP contribution in [-0.4, -0.2) is 0 Å². The first-order valence-corrected chi connectivity index (χ1v) is 3.82. The van der Waals surface area contributed by atoms with Crippen molar-refractivity contribution in [3.8, 4) is 0 Å². The van der Waals surface area contributed by atoms with Crippen molar-refractivity contribution in [1.82, 2.24) is 0 Å². The van der Waals surface area contributed by atoms with Crippen LogP contribution in [0.4, 0.5) is 0 Å². The molecule has 0 radical (unpaired) electrons. The monoisotopic (exact) mass is 142 g/mol. The van der Waals surface area contributed by atoms with Gasteiger partial charge in [-0.1, -0.05) is 60.8 Å². The molecule has 0 aromatic heterocycles. The Bertz CT molecular complexity index is 255. The fourth-order valence-corrected chi connectivity index (χ4v) is 1.35. The fraction of sp³-hybridized carbons (Fsp3) is 0.0909. The summed E-state index contributed by atoms with van der Waals surface area (Å²) in [6.45, 7) is 0. The standard InChI is InChI=1S/C11H10/c1-2-4-8-11(7-3-1)9-5-6-10-11/h1-10H. The molecule has 0 aromatic carbocycles. The molecule has 0 bridgehead atoms. The molecule has 0 amide bonds. The van der Waals surface area contributed by atoms with Crippen molar-refractivity contribution >= 4 is 0 Å². The van der Waals surface area contributed by atoms with Crippen molar-refractivity contribution in [1.29, 1.82) is 0 Å². The number of hydrogen-bond acceptors (Lipinski definition) is 0. The zero-order valence-electron chi connectivity index (χ0n) is 6.27. The Hall–Kier alpha value is -1.30. The summed E-state index contributed by atoms with van der Waals surface area (Å²) in [6.07, 6.45) is 21.2. The third-order valence-electron chi connectivity index (χ3n) is 1.98. The van der Waals surface area contributed by atoms with E-state index in [1.165, 1.54) is 0 Å². The molecule has 2 aliphatic carbocycles. The number of allylic oxidation sites excluding steroid dienone is 10. The van der Waals surface area contributed by atoms with Crippen LogP contribution in [0.25, 0.3) is 0 Å². The molecule has 0 heteroatoms. The van der Waals surface area contributed by atoms with Crippen LogP contribution in [0.2, 0.25) is 0 Å². The van der Waals surface area contributed by atoms with Crippen molar-refractivity contribution in [2.75, 3.05) is 0 Å². The van der Waals surface area contributed by atoms with Crippen LogP contribution < -0.4 is 0 Å². The Morgan fingerprint density at radius 3 is 1.27 bits per heavy atom. The minimum Gasteiger partial charge on any atom is -0.0670 e. The molecule has 0 aromatic rings. The van der Waals surface area contributed by atoms with Crippen LogP contribution in [0, 0.1) is 5.41 Å². The molecular formula is C11H10. The van der Waals surface area contributed by atoms with Gasteiger partial charge in [-0.25, -0.2) is 0 Å². The maximum atomic E-state index is 2.19. The second kappa shape index (κ2) is 2.39. The maximum Gasteiger partial charge on any atom is 0.0435 e. The van der Waals surface area contributed by atoms with Crippen LogP contribution in [0.3, 0.4) is 0 Å². The highest BCUT2D eigenvalue weighted by atomic mass is 14.2. The van der Waals surface area contributed by atoms with Crippen molar-refractivity contribution in [2.24, 2.45) is 5.41 Å². The van der Waals surface area contributed by atoms with Crippen molar-refractivity contribution < 1.29 is 0 Å². The van der Waals surface area contributed by atoms with Crippen LogP contribution in [0.1, 0.15) is 0 Å². The second-order valence-corrected chi connectivity index (χ2v) is 2.82. The lowest BCUT2D eigenvalue weighted by molar-refractivity contribution is 0.837. The van der Waals surface area contributed by atoms with Crippen LogP contribution >= 0.6 is 0 Å². The van der Waals surface area contributed by atoms with Gasteiger partial charge in [-0.2, -0.15) is 0 Å². The average molecular weight is 142 g/mol. The lowest BCUT2D eigenvalue weighted by Crippen LogP contribution is -2.03. The molecule has 0 fully saturated rings. The van der Waals surface area contributed by atoms with E-state index in [1.807, 2.05) is 12.2 Å². The van der Waals surface area contributed by atoms with Gasteiger partial charge in [0.15, 0.2) is 0 Å². The highest BCUT2D eigenvalue weighted by molar-refractivity contribution is 5.40. The largest absolute Gasteiger partial charge is 0.0670 e. The Morgan fingerprint density at radius 2 is 0.818 bits per heavy atom. The molecule has 0 aliphatic heterocycles. The van der Waals surface area contributed by atoms with Crippen LogP contribution in [0.15, 0.2) is 60.8 Å². The molecule has 0 heterocycles. The SMILES string of the molecule is C1=CC=CC2(C=C1)C=CC=C2. The topological polar surface area (TPSA) is 0 Å². The molecule has 1 spiro atoms. The summed E-state index contributed by atoms with van der Waals surface area (Å²) < 4.78 is 0. The molecule has 0 saturated carbocycles. The van der Waals surface area contributed by atoms with Gasteiger partial charge in [0, 0.05) is 5.41 Å². The second-order valence-electron chi connectivity index (χ2n) is 2.82. The molecule has 0 nitrogen and oxygen atoms in total. The summed E-state index contributed by atoms with van der Waals surface area (Å²) >= 11 is 0. The van der Waals surface area contributed by atoms with Crippen LogP contribution in [-0.2, 0) is 0 Å². The summed E-state index contributed by atoms with van der Waals surface area (Å²) in [5.41, 5.74) is 0.0729. The maximum absolute atomic E-state index is 2.19. The van der Waals surface area contributed by atoms with Crippen molar-refractivity contribution in [3.05, 3.63) is 60.8 Å². The summed E-state index contributed by atoms with van der Waals surface area (Å²) in [6, 6.07) is 0. The molecule has 11 heavy (non-hydrogen) atoms. The Kier molecular flexibility index (Phi) is 1.39. The molecule has 2 rings (SSSR count). The number of rotatable bonds is 0. The van der Waals surface area contributed by atoms with Gasteiger partial charge in [0.25, 0.3) is 0 Å². The Labute approximate surface area is 66.9 Å². The molecule has 0 N–H and O–H groups in total. The van der Waals surface area contributed by atoms with Crippen molar-refractivity contribution in [3.63, 3.8) is 0 Å². The Balaban J connectivity index is 2.40. The van der Waals surface area contributed by atoms with E-state index in [2.05, 4.69) is 48.6 Å². The zero-order chi connectivity index (χ0) is 7.57. The van der Waals surface area contributed by atoms with Crippen molar-refractivity contribution in [2.45, 2.75) is 0 Å². The third-order valence-corrected chi connectivity index (χ3v) is 1.98. The minimum absolute atomic E-state index is 0.0729. The molecule has 0 saturated heterocycles. The summed E-state index contributed by atoms with van der Waals surface area (Å²) in [5, 5.41) is 0. The average Bonchev–Trinajstić information content (AvgIpc) is 2.32. The van der Waals surface area contributed by atoms with E-state index < -0.39 is 0 Å². The van der Waals surface area contributed by atoms with E-state index in [9.17, 15) is 0 Å². The van der Waals surface area contributed by atoms with Gasteiger partial charge in [-0.3, -0.25) is 0 Å². The lowest BCUT2D eigenvalue weighted by Gasteiger charge is -2.13. The first kappa shape index (κ1) is 6.41. The Morgan fingerprint density at radius 1 is 0.455 bits per heavy atom. The minimum atomic E-state index is 0.0729. The van der Waals surface area contributed by atoms with E-state index in [1.54, 1.807) is 0 Å². The van der Waals surface area contributed by atoms with Gasteiger partial charge in [0.2, 0.25) is 0 Å². The van der Waals surface area contributed by atoms with Crippen LogP contribution in [0.5, 0.6) is 0 Å². The first-order chi connectivity index (χ1) is 5.41. The highest BCUT2D eigenvalue weighted by Crippen LogP contribution is 2.30. The van der Waals surface area contributed by atoms with E-state index in [0.29, 0.717) is 0 Å².